The number of ether oxygens (including phenoxy) is 1. The number of fused-ring (bicyclic) bond motifs is 1. The minimum Gasteiger partial charge on any atom is -0.363 e. The number of carbonyl (C=O) groups is 1. The van der Waals surface area contributed by atoms with E-state index < -0.39 is 16.3 Å². The fourth-order valence-corrected chi connectivity index (χ4v) is 4.08. The molecule has 1 amide bonds. The number of rotatable bonds is 3. The highest BCUT2D eigenvalue weighted by molar-refractivity contribution is 7.86. The average Bonchev–Trinajstić information content (AvgIpc) is 2.80. The van der Waals surface area contributed by atoms with Crippen molar-refractivity contribution in [2.75, 3.05) is 27.7 Å². The predicted octanol–water partition coefficient (Wildman–Crippen LogP) is -0.839. The molecule has 0 aliphatic carbocycles. The van der Waals surface area contributed by atoms with Crippen LogP contribution in [0.5, 0.6) is 0 Å². The summed E-state index contributed by atoms with van der Waals surface area (Å²) in [5.74, 6) is -0.132. The zero-order chi connectivity index (χ0) is 14.2. The van der Waals surface area contributed by atoms with E-state index in [4.69, 9.17) is 4.74 Å². The van der Waals surface area contributed by atoms with Gasteiger partial charge < -0.3 is 10.1 Å². The molecule has 0 saturated carbocycles. The first-order valence-corrected chi connectivity index (χ1v) is 7.84. The summed E-state index contributed by atoms with van der Waals surface area (Å²) in [7, 11) is 1.23. The summed E-state index contributed by atoms with van der Waals surface area (Å²) in [4.78, 5) is 11.6. The largest absolute Gasteiger partial charge is 0.363 e. The second kappa shape index (κ2) is 5.35. The highest BCUT2D eigenvalue weighted by Gasteiger charge is 2.46. The molecular weight excluding hydrogens is 270 g/mol. The zero-order valence-corrected chi connectivity index (χ0v) is 12.3. The Kier molecular flexibility index (Phi) is 4.14. The molecule has 0 radical (unpaired) electrons. The van der Waals surface area contributed by atoms with Crippen LogP contribution >= 0.6 is 0 Å². The second-order valence-electron chi connectivity index (χ2n) is 5.11. The third-order valence-corrected chi connectivity index (χ3v) is 5.76. The van der Waals surface area contributed by atoms with E-state index in [9.17, 15) is 13.2 Å². The fourth-order valence-electron chi connectivity index (χ4n) is 2.74. The number of nitrogens with one attached hydrogen (secondary N) is 1. The Morgan fingerprint density at radius 1 is 1.32 bits per heavy atom. The third kappa shape index (κ3) is 2.62. The van der Waals surface area contributed by atoms with E-state index in [2.05, 4.69) is 5.32 Å². The number of carbonyl (C=O) groups excluding carboxylic acids is 1. The number of hydrogen-bond acceptors (Lipinski definition) is 4. The molecule has 3 atom stereocenters. The lowest BCUT2D eigenvalue weighted by Gasteiger charge is -2.35. The summed E-state index contributed by atoms with van der Waals surface area (Å²) >= 11 is 0. The van der Waals surface area contributed by atoms with E-state index >= 15 is 0 Å². The van der Waals surface area contributed by atoms with Gasteiger partial charge in [-0.2, -0.15) is 17.0 Å². The minimum atomic E-state index is -3.40. The summed E-state index contributed by atoms with van der Waals surface area (Å²) in [5.41, 5.74) is 0. The summed E-state index contributed by atoms with van der Waals surface area (Å²) in [5, 5.41) is 2.57. The highest BCUT2D eigenvalue weighted by atomic mass is 32.2. The zero-order valence-electron chi connectivity index (χ0n) is 11.5. The lowest BCUT2D eigenvalue weighted by atomic mass is 9.99. The number of nitrogens with zero attached hydrogens (tertiary/aromatic N) is 2. The van der Waals surface area contributed by atoms with Crippen molar-refractivity contribution in [3.63, 3.8) is 0 Å². The monoisotopic (exact) mass is 291 g/mol. The van der Waals surface area contributed by atoms with E-state index in [0.29, 0.717) is 25.8 Å². The lowest BCUT2D eigenvalue weighted by molar-refractivity contribution is -0.142. The van der Waals surface area contributed by atoms with Gasteiger partial charge in [-0.15, -0.1) is 0 Å². The van der Waals surface area contributed by atoms with Crippen LogP contribution in [0.3, 0.4) is 0 Å². The molecule has 19 heavy (non-hydrogen) atoms. The highest BCUT2D eigenvalue weighted by Crippen LogP contribution is 2.33. The van der Waals surface area contributed by atoms with Crippen LogP contribution in [0, 0.1) is 0 Å². The smallest absolute Gasteiger partial charge is 0.281 e. The van der Waals surface area contributed by atoms with Crippen LogP contribution in [0.4, 0.5) is 0 Å². The maximum atomic E-state index is 12.2. The van der Waals surface area contributed by atoms with Gasteiger partial charge in [0.2, 0.25) is 5.91 Å². The number of hydrogen-bond donors (Lipinski definition) is 1. The van der Waals surface area contributed by atoms with Crippen LogP contribution in [-0.4, -0.2) is 68.9 Å². The van der Waals surface area contributed by atoms with Crippen LogP contribution in [0.15, 0.2) is 0 Å². The lowest BCUT2D eigenvalue weighted by Crippen LogP contribution is -2.50. The van der Waals surface area contributed by atoms with Gasteiger partial charge in [0.1, 0.15) is 6.10 Å². The molecule has 0 spiro atoms. The Morgan fingerprint density at radius 3 is 2.58 bits per heavy atom. The van der Waals surface area contributed by atoms with Crippen molar-refractivity contribution in [2.24, 2.45) is 0 Å². The first kappa shape index (κ1) is 14.7. The summed E-state index contributed by atoms with van der Waals surface area (Å²) in [6.07, 6.45) is 1.24. The molecule has 7 nitrogen and oxygen atoms in total. The van der Waals surface area contributed by atoms with Crippen LogP contribution in [0.25, 0.3) is 0 Å². The van der Waals surface area contributed by atoms with Crippen molar-refractivity contribution < 1.29 is 17.9 Å². The van der Waals surface area contributed by atoms with Crippen LogP contribution in [0.2, 0.25) is 0 Å². The Labute approximate surface area is 114 Å². The Balaban J connectivity index is 2.09. The normalized spacial score (nSPS) is 32.3. The van der Waals surface area contributed by atoms with E-state index in [1.54, 1.807) is 7.05 Å². The van der Waals surface area contributed by atoms with Crippen molar-refractivity contribution in [1.29, 1.82) is 0 Å². The maximum Gasteiger partial charge on any atom is 0.281 e. The molecule has 1 N–H and O–H groups in total. The van der Waals surface area contributed by atoms with Gasteiger partial charge in [0, 0.05) is 27.7 Å². The molecule has 8 heteroatoms. The molecule has 0 bridgehead atoms. The van der Waals surface area contributed by atoms with Gasteiger partial charge in [-0.05, 0) is 19.3 Å². The molecular formula is C11H21N3O4S. The number of likely N-dealkylation sites (N-methyl/N-ethyl adjacent to an activating group) is 1. The predicted molar refractivity (Wildman–Crippen MR) is 69.7 cm³/mol. The third-order valence-electron chi connectivity index (χ3n) is 3.79. The molecule has 2 rings (SSSR count). The summed E-state index contributed by atoms with van der Waals surface area (Å²) < 4.78 is 32.8. The molecule has 2 heterocycles. The maximum absolute atomic E-state index is 12.2. The molecule has 2 aliphatic heterocycles. The quantitative estimate of drug-likeness (QED) is 0.735. The molecule has 0 aromatic heterocycles. The van der Waals surface area contributed by atoms with Gasteiger partial charge in [-0.1, -0.05) is 0 Å². The van der Waals surface area contributed by atoms with Crippen molar-refractivity contribution in [3.05, 3.63) is 0 Å². The molecule has 2 fully saturated rings. The second-order valence-corrected chi connectivity index (χ2v) is 7.21. The molecule has 0 unspecified atom stereocenters. The standard InChI is InChI=1S/C11H21N3O4S/c1-12-11(15)10-5-4-8-9(18-10)6-7-14(8)19(16,17)13(2)3/h8-10H,4-7H2,1-3H3,(H,12,15)/t8-,9-,10+/m1/s1. The Hall–Kier alpha value is -0.700. The SMILES string of the molecule is CNC(=O)[C@@H]1CC[C@@H]2[C@@H](CCN2S(=O)(=O)N(C)C)O1. The van der Waals surface area contributed by atoms with E-state index in [1.807, 2.05) is 0 Å². The summed E-state index contributed by atoms with van der Waals surface area (Å²) in [6.45, 7) is 0.455. The average molecular weight is 291 g/mol. The van der Waals surface area contributed by atoms with Crippen molar-refractivity contribution in [1.82, 2.24) is 13.9 Å². The van der Waals surface area contributed by atoms with E-state index in [-0.39, 0.29) is 18.1 Å². The van der Waals surface area contributed by atoms with Gasteiger partial charge in [0.25, 0.3) is 10.2 Å². The Morgan fingerprint density at radius 2 is 2.00 bits per heavy atom. The van der Waals surface area contributed by atoms with Crippen molar-refractivity contribution in [3.8, 4) is 0 Å². The van der Waals surface area contributed by atoms with Gasteiger partial charge in [-0.3, -0.25) is 4.79 Å². The van der Waals surface area contributed by atoms with Gasteiger partial charge in [-0.25, -0.2) is 0 Å². The van der Waals surface area contributed by atoms with Crippen LogP contribution < -0.4 is 5.32 Å². The topological polar surface area (TPSA) is 79.0 Å². The van der Waals surface area contributed by atoms with E-state index in [1.165, 1.54) is 22.7 Å². The summed E-state index contributed by atoms with van der Waals surface area (Å²) in [6, 6.07) is -0.145. The first-order chi connectivity index (χ1) is 8.87. The fraction of sp³-hybridized carbons (Fsp3) is 0.909. The van der Waals surface area contributed by atoms with Crippen LogP contribution in [0.1, 0.15) is 19.3 Å². The molecule has 0 aromatic carbocycles. The van der Waals surface area contributed by atoms with Crippen molar-refractivity contribution in [2.45, 2.75) is 37.5 Å². The molecule has 2 saturated heterocycles. The number of amides is 1. The molecule has 0 aromatic rings. The first-order valence-electron chi connectivity index (χ1n) is 6.44. The van der Waals surface area contributed by atoms with Crippen molar-refractivity contribution >= 4 is 16.1 Å². The molecule has 2 aliphatic rings. The van der Waals surface area contributed by atoms with E-state index in [0.717, 1.165) is 0 Å². The van der Waals surface area contributed by atoms with Gasteiger partial charge in [0.05, 0.1) is 12.1 Å². The van der Waals surface area contributed by atoms with Crippen LogP contribution in [-0.2, 0) is 19.7 Å². The Bertz CT molecular complexity index is 451. The minimum absolute atomic E-state index is 0.132. The van der Waals surface area contributed by atoms with Gasteiger partial charge >= 0.3 is 0 Å². The molecule has 110 valence electrons. The van der Waals surface area contributed by atoms with Gasteiger partial charge in [0.15, 0.2) is 0 Å².